The van der Waals surface area contributed by atoms with Gasteiger partial charge in [-0.2, -0.15) is 0 Å². The summed E-state index contributed by atoms with van der Waals surface area (Å²) in [5, 5.41) is 1.17. The Morgan fingerprint density at radius 2 is 2.19 bits per heavy atom. The van der Waals surface area contributed by atoms with E-state index in [2.05, 4.69) is 22.0 Å². The number of benzene rings is 1. The molecule has 0 atom stereocenters. The number of fused-ring (bicyclic) bond motifs is 1. The molecule has 1 aliphatic heterocycles. The summed E-state index contributed by atoms with van der Waals surface area (Å²) in [6.45, 7) is 3.51. The maximum Gasteiger partial charge on any atom is 0.0709 e. The second kappa shape index (κ2) is 4.10. The molecule has 1 fully saturated rings. The largest absolute Gasteiger partial charge is 0.378 e. The molecule has 2 aromatic rings. The lowest BCUT2D eigenvalue weighted by molar-refractivity contribution is 0.122. The van der Waals surface area contributed by atoms with Gasteiger partial charge in [0.2, 0.25) is 0 Å². The number of morpholine rings is 1. The predicted octanol–water partition coefficient (Wildman–Crippen LogP) is 1.87. The summed E-state index contributed by atoms with van der Waals surface area (Å²) in [6.07, 6.45) is 1.93. The van der Waals surface area contributed by atoms with E-state index >= 15 is 0 Å². The highest BCUT2D eigenvalue weighted by atomic mass is 16.5. The molecule has 3 rings (SSSR count). The minimum atomic E-state index is 0.806. The SMILES string of the molecule is [c]1ccc2cc(N3CCOCC3)cnc2c1. The number of anilines is 1. The van der Waals surface area contributed by atoms with E-state index in [1.807, 2.05) is 24.4 Å². The molecular formula is C13H13N2O. The average Bonchev–Trinajstić information content (AvgIpc) is 2.39. The molecule has 0 spiro atoms. The van der Waals surface area contributed by atoms with Crippen LogP contribution in [0.2, 0.25) is 0 Å². The lowest BCUT2D eigenvalue weighted by atomic mass is 10.2. The van der Waals surface area contributed by atoms with Gasteiger partial charge < -0.3 is 9.64 Å². The summed E-state index contributed by atoms with van der Waals surface area (Å²) in [6, 6.07) is 11.1. The number of aromatic nitrogens is 1. The number of hydrogen-bond acceptors (Lipinski definition) is 3. The molecule has 81 valence electrons. The predicted molar refractivity (Wildman–Crippen MR) is 63.6 cm³/mol. The first kappa shape index (κ1) is 9.60. The number of nitrogens with zero attached hydrogens (tertiary/aromatic N) is 2. The third-order valence-corrected chi connectivity index (χ3v) is 2.89. The fraction of sp³-hybridized carbons (Fsp3) is 0.308. The minimum Gasteiger partial charge on any atom is -0.378 e. The summed E-state index contributed by atoms with van der Waals surface area (Å²) < 4.78 is 5.34. The third-order valence-electron chi connectivity index (χ3n) is 2.89. The monoisotopic (exact) mass is 213 g/mol. The summed E-state index contributed by atoms with van der Waals surface area (Å²) in [5.74, 6) is 0. The van der Waals surface area contributed by atoms with Crippen LogP contribution >= 0.6 is 0 Å². The molecule has 1 aliphatic rings. The van der Waals surface area contributed by atoms with Crippen molar-refractivity contribution in [3.8, 4) is 0 Å². The molecule has 1 aromatic heterocycles. The smallest absolute Gasteiger partial charge is 0.0709 e. The molecule has 0 amide bonds. The zero-order chi connectivity index (χ0) is 10.8. The van der Waals surface area contributed by atoms with Gasteiger partial charge in [-0.25, -0.2) is 0 Å². The van der Waals surface area contributed by atoms with E-state index < -0.39 is 0 Å². The molecule has 1 saturated heterocycles. The number of rotatable bonds is 1. The van der Waals surface area contributed by atoms with E-state index in [4.69, 9.17) is 4.74 Å². The van der Waals surface area contributed by atoms with Gasteiger partial charge in [0.15, 0.2) is 0 Å². The number of pyridine rings is 1. The molecule has 16 heavy (non-hydrogen) atoms. The van der Waals surface area contributed by atoms with Gasteiger partial charge in [-0.15, -0.1) is 0 Å². The minimum absolute atomic E-state index is 0.806. The van der Waals surface area contributed by atoms with Crippen LogP contribution in [0.1, 0.15) is 0 Å². The Hall–Kier alpha value is -1.61. The van der Waals surface area contributed by atoms with Crippen LogP contribution in [-0.2, 0) is 4.74 Å². The van der Waals surface area contributed by atoms with Crippen molar-refractivity contribution in [2.45, 2.75) is 0 Å². The van der Waals surface area contributed by atoms with Gasteiger partial charge in [0.05, 0.1) is 30.6 Å². The van der Waals surface area contributed by atoms with E-state index in [-0.39, 0.29) is 0 Å². The van der Waals surface area contributed by atoms with Gasteiger partial charge in [0.1, 0.15) is 0 Å². The first-order valence-electron chi connectivity index (χ1n) is 5.52. The lowest BCUT2D eigenvalue weighted by Gasteiger charge is -2.28. The Morgan fingerprint density at radius 3 is 3.06 bits per heavy atom. The van der Waals surface area contributed by atoms with Crippen molar-refractivity contribution in [3.63, 3.8) is 0 Å². The molecule has 0 N–H and O–H groups in total. The van der Waals surface area contributed by atoms with Crippen LogP contribution in [0.3, 0.4) is 0 Å². The molecule has 1 radical (unpaired) electrons. The lowest BCUT2D eigenvalue weighted by Crippen LogP contribution is -2.36. The third kappa shape index (κ3) is 1.74. The van der Waals surface area contributed by atoms with E-state index in [0.29, 0.717) is 0 Å². The quantitative estimate of drug-likeness (QED) is 0.723. The van der Waals surface area contributed by atoms with E-state index in [9.17, 15) is 0 Å². The van der Waals surface area contributed by atoms with Gasteiger partial charge >= 0.3 is 0 Å². The Morgan fingerprint density at radius 1 is 1.31 bits per heavy atom. The van der Waals surface area contributed by atoms with Crippen LogP contribution in [0, 0.1) is 6.07 Å². The molecule has 1 aromatic carbocycles. The summed E-state index contributed by atoms with van der Waals surface area (Å²) in [7, 11) is 0. The Kier molecular flexibility index (Phi) is 2.46. The highest BCUT2D eigenvalue weighted by Gasteiger charge is 2.11. The van der Waals surface area contributed by atoms with Crippen LogP contribution < -0.4 is 4.90 Å². The molecule has 0 saturated carbocycles. The molecule has 2 heterocycles. The van der Waals surface area contributed by atoms with Crippen molar-refractivity contribution in [1.82, 2.24) is 4.98 Å². The van der Waals surface area contributed by atoms with Crippen molar-refractivity contribution in [2.24, 2.45) is 0 Å². The maximum atomic E-state index is 5.34. The molecule has 0 aliphatic carbocycles. The summed E-state index contributed by atoms with van der Waals surface area (Å²) in [4.78, 5) is 6.75. The molecule has 0 bridgehead atoms. The van der Waals surface area contributed by atoms with E-state index in [0.717, 1.165) is 31.8 Å². The van der Waals surface area contributed by atoms with E-state index in [1.54, 1.807) is 0 Å². The van der Waals surface area contributed by atoms with E-state index in [1.165, 1.54) is 11.1 Å². The number of hydrogen-bond donors (Lipinski definition) is 0. The van der Waals surface area contributed by atoms with Gasteiger partial charge in [-0.05, 0) is 18.2 Å². The average molecular weight is 213 g/mol. The van der Waals surface area contributed by atoms with Crippen molar-refractivity contribution < 1.29 is 4.74 Å². The van der Waals surface area contributed by atoms with Crippen molar-refractivity contribution in [3.05, 3.63) is 36.5 Å². The second-order valence-corrected chi connectivity index (χ2v) is 3.91. The molecular weight excluding hydrogens is 200 g/mol. The second-order valence-electron chi connectivity index (χ2n) is 3.91. The molecule has 3 heteroatoms. The van der Waals surface area contributed by atoms with Crippen molar-refractivity contribution in [2.75, 3.05) is 31.2 Å². The number of ether oxygens (including phenoxy) is 1. The Bertz CT molecular complexity index is 492. The summed E-state index contributed by atoms with van der Waals surface area (Å²) >= 11 is 0. The van der Waals surface area contributed by atoms with Crippen LogP contribution in [0.25, 0.3) is 10.9 Å². The van der Waals surface area contributed by atoms with Gasteiger partial charge in [0.25, 0.3) is 0 Å². The normalized spacial score (nSPS) is 16.6. The standard InChI is InChI=1S/C13H13N2O/c1-2-4-13-11(3-1)9-12(10-14-13)15-5-7-16-8-6-15/h1,3-4,9-10H,5-8H2. The fourth-order valence-corrected chi connectivity index (χ4v) is 1.99. The first-order valence-corrected chi connectivity index (χ1v) is 5.52. The van der Waals surface area contributed by atoms with Crippen LogP contribution in [-0.4, -0.2) is 31.3 Å². The highest BCUT2D eigenvalue weighted by Crippen LogP contribution is 2.20. The fourth-order valence-electron chi connectivity index (χ4n) is 1.99. The zero-order valence-electron chi connectivity index (χ0n) is 9.02. The summed E-state index contributed by atoms with van der Waals surface area (Å²) in [5.41, 5.74) is 2.18. The Balaban J connectivity index is 1.97. The first-order chi connectivity index (χ1) is 7.93. The van der Waals surface area contributed by atoms with Crippen LogP contribution in [0.5, 0.6) is 0 Å². The van der Waals surface area contributed by atoms with Gasteiger partial charge in [-0.1, -0.05) is 12.1 Å². The molecule has 0 unspecified atom stereocenters. The maximum absolute atomic E-state index is 5.34. The van der Waals surface area contributed by atoms with Gasteiger partial charge in [0, 0.05) is 18.5 Å². The van der Waals surface area contributed by atoms with Crippen molar-refractivity contribution >= 4 is 16.6 Å². The molecule has 3 nitrogen and oxygen atoms in total. The highest BCUT2D eigenvalue weighted by molar-refractivity contribution is 5.81. The van der Waals surface area contributed by atoms with Crippen LogP contribution in [0.15, 0.2) is 30.5 Å². The van der Waals surface area contributed by atoms with Crippen molar-refractivity contribution in [1.29, 1.82) is 0 Å². The topological polar surface area (TPSA) is 25.4 Å². The zero-order valence-corrected chi connectivity index (χ0v) is 9.02. The Labute approximate surface area is 94.7 Å². The van der Waals surface area contributed by atoms with Gasteiger partial charge in [-0.3, -0.25) is 4.98 Å². The van der Waals surface area contributed by atoms with Crippen LogP contribution in [0.4, 0.5) is 5.69 Å².